The standard InChI is InChI=1S/C20H21ClN2O3/c1-2-9-22-20(25)23-15-7-4-8-16(11-15)26-19(24)18-12-17(18)13-5-3-6-14(21)10-13/h3-8,10-11,17-18H,2,9,12H2,1H3,(H2,22,23,25). The van der Waals surface area contributed by atoms with Crippen molar-refractivity contribution < 1.29 is 14.3 Å². The SMILES string of the molecule is CCCNC(=O)Nc1cccc(OC(=O)C2CC2c2cccc(Cl)c2)c1. The Bertz CT molecular complexity index is 809. The number of esters is 1. The van der Waals surface area contributed by atoms with Crippen LogP contribution in [0, 0.1) is 5.92 Å². The molecule has 0 radical (unpaired) electrons. The molecule has 26 heavy (non-hydrogen) atoms. The lowest BCUT2D eigenvalue weighted by Crippen LogP contribution is -2.29. The van der Waals surface area contributed by atoms with Crippen molar-refractivity contribution in [3.05, 3.63) is 59.1 Å². The van der Waals surface area contributed by atoms with E-state index in [1.54, 1.807) is 24.3 Å². The summed E-state index contributed by atoms with van der Waals surface area (Å²) in [4.78, 5) is 24.1. The van der Waals surface area contributed by atoms with Gasteiger partial charge in [0.2, 0.25) is 0 Å². The third kappa shape index (κ3) is 4.76. The van der Waals surface area contributed by atoms with Crippen molar-refractivity contribution in [3.63, 3.8) is 0 Å². The molecule has 0 saturated heterocycles. The Kier molecular flexibility index (Phi) is 5.78. The Morgan fingerprint density at radius 1 is 1.19 bits per heavy atom. The summed E-state index contributed by atoms with van der Waals surface area (Å²) >= 11 is 6.01. The fourth-order valence-corrected chi connectivity index (χ4v) is 3.00. The summed E-state index contributed by atoms with van der Waals surface area (Å²) in [7, 11) is 0. The molecule has 6 heteroatoms. The van der Waals surface area contributed by atoms with Crippen LogP contribution in [0.3, 0.4) is 0 Å². The molecule has 0 bridgehead atoms. The first-order valence-corrected chi connectivity index (χ1v) is 9.06. The molecule has 1 fully saturated rings. The summed E-state index contributed by atoms with van der Waals surface area (Å²) in [6.45, 7) is 2.59. The van der Waals surface area contributed by atoms with Crippen LogP contribution in [0.4, 0.5) is 10.5 Å². The molecule has 1 saturated carbocycles. The van der Waals surface area contributed by atoms with Gasteiger partial charge >= 0.3 is 12.0 Å². The van der Waals surface area contributed by atoms with Gasteiger partial charge in [0, 0.05) is 23.3 Å². The van der Waals surface area contributed by atoms with Gasteiger partial charge in [-0.3, -0.25) is 4.79 Å². The van der Waals surface area contributed by atoms with Crippen molar-refractivity contribution in [1.29, 1.82) is 0 Å². The number of hydrogen-bond acceptors (Lipinski definition) is 3. The largest absolute Gasteiger partial charge is 0.426 e. The van der Waals surface area contributed by atoms with Crippen molar-refractivity contribution in [3.8, 4) is 5.75 Å². The highest BCUT2D eigenvalue weighted by atomic mass is 35.5. The predicted octanol–water partition coefficient (Wildman–Crippen LogP) is 4.58. The van der Waals surface area contributed by atoms with Gasteiger partial charge in [0.15, 0.2) is 0 Å². The number of benzene rings is 2. The Morgan fingerprint density at radius 3 is 2.77 bits per heavy atom. The van der Waals surface area contributed by atoms with Gasteiger partial charge in [-0.15, -0.1) is 0 Å². The highest BCUT2D eigenvalue weighted by Gasteiger charge is 2.45. The van der Waals surface area contributed by atoms with Crippen molar-refractivity contribution >= 4 is 29.3 Å². The van der Waals surface area contributed by atoms with Crippen LogP contribution in [0.25, 0.3) is 0 Å². The molecule has 2 aromatic rings. The van der Waals surface area contributed by atoms with E-state index in [9.17, 15) is 9.59 Å². The topological polar surface area (TPSA) is 67.4 Å². The zero-order chi connectivity index (χ0) is 18.5. The molecule has 2 amide bonds. The molecule has 2 aromatic carbocycles. The van der Waals surface area contributed by atoms with Gasteiger partial charge in [-0.2, -0.15) is 0 Å². The van der Waals surface area contributed by atoms with Gasteiger partial charge in [-0.05, 0) is 48.6 Å². The molecular formula is C20H21ClN2O3. The summed E-state index contributed by atoms with van der Waals surface area (Å²) in [6.07, 6.45) is 1.62. The number of nitrogens with one attached hydrogen (secondary N) is 2. The van der Waals surface area contributed by atoms with Crippen LogP contribution >= 0.6 is 11.6 Å². The van der Waals surface area contributed by atoms with Crippen LogP contribution in [0.2, 0.25) is 5.02 Å². The molecule has 5 nitrogen and oxygen atoms in total. The number of halogens is 1. The number of anilines is 1. The first-order chi connectivity index (χ1) is 12.6. The Balaban J connectivity index is 1.57. The van der Waals surface area contributed by atoms with Crippen molar-refractivity contribution in [2.75, 3.05) is 11.9 Å². The number of carbonyl (C=O) groups excluding carboxylic acids is 2. The molecule has 2 atom stereocenters. The number of hydrogen-bond donors (Lipinski definition) is 2. The van der Waals surface area contributed by atoms with E-state index in [0.29, 0.717) is 23.0 Å². The average Bonchev–Trinajstić information content (AvgIpc) is 3.41. The molecule has 136 valence electrons. The summed E-state index contributed by atoms with van der Waals surface area (Å²) in [6, 6.07) is 14.1. The van der Waals surface area contributed by atoms with E-state index in [1.165, 1.54) is 0 Å². The first-order valence-electron chi connectivity index (χ1n) is 8.69. The first kappa shape index (κ1) is 18.3. The number of ether oxygens (including phenoxy) is 1. The fourth-order valence-electron chi connectivity index (χ4n) is 2.80. The van der Waals surface area contributed by atoms with Gasteiger partial charge < -0.3 is 15.4 Å². The Labute approximate surface area is 157 Å². The second-order valence-corrected chi connectivity index (χ2v) is 6.77. The summed E-state index contributed by atoms with van der Waals surface area (Å²) < 4.78 is 5.48. The summed E-state index contributed by atoms with van der Waals surface area (Å²) in [5, 5.41) is 6.12. The van der Waals surface area contributed by atoms with Crippen LogP contribution < -0.4 is 15.4 Å². The summed E-state index contributed by atoms with van der Waals surface area (Å²) in [5.74, 6) is 0.155. The average molecular weight is 373 g/mol. The molecule has 0 aromatic heterocycles. The van der Waals surface area contributed by atoms with Gasteiger partial charge in [0.05, 0.1) is 5.92 Å². The van der Waals surface area contributed by atoms with Crippen LogP contribution in [0.1, 0.15) is 31.2 Å². The maximum atomic E-state index is 12.4. The smallest absolute Gasteiger partial charge is 0.319 e. The number of urea groups is 1. The molecule has 3 rings (SSSR count). The molecule has 1 aliphatic rings. The van der Waals surface area contributed by atoms with E-state index >= 15 is 0 Å². The van der Waals surface area contributed by atoms with Crippen LogP contribution in [0.5, 0.6) is 5.75 Å². The van der Waals surface area contributed by atoms with E-state index in [4.69, 9.17) is 16.3 Å². The van der Waals surface area contributed by atoms with Gasteiger partial charge in [0.25, 0.3) is 0 Å². The lowest BCUT2D eigenvalue weighted by Gasteiger charge is -2.09. The Morgan fingerprint density at radius 2 is 2.00 bits per heavy atom. The van der Waals surface area contributed by atoms with Crippen molar-refractivity contribution in [2.45, 2.75) is 25.7 Å². The second kappa shape index (κ2) is 8.23. The molecule has 2 unspecified atom stereocenters. The molecule has 0 aliphatic heterocycles. The fraction of sp³-hybridized carbons (Fsp3) is 0.300. The number of rotatable bonds is 6. The number of carbonyl (C=O) groups is 2. The van der Waals surface area contributed by atoms with E-state index in [2.05, 4.69) is 10.6 Å². The second-order valence-electron chi connectivity index (χ2n) is 6.33. The molecule has 0 heterocycles. The minimum Gasteiger partial charge on any atom is -0.426 e. The Hall–Kier alpha value is -2.53. The zero-order valence-corrected chi connectivity index (χ0v) is 15.3. The normalized spacial score (nSPS) is 18.1. The maximum absolute atomic E-state index is 12.4. The lowest BCUT2D eigenvalue weighted by atomic mass is 10.1. The highest BCUT2D eigenvalue weighted by Crippen LogP contribution is 2.48. The van der Waals surface area contributed by atoms with Gasteiger partial charge in [-0.25, -0.2) is 4.79 Å². The minimum absolute atomic E-state index is 0.155. The molecule has 0 spiro atoms. The quantitative estimate of drug-likeness (QED) is 0.576. The highest BCUT2D eigenvalue weighted by molar-refractivity contribution is 6.30. The molecular weight excluding hydrogens is 352 g/mol. The van der Waals surface area contributed by atoms with Gasteiger partial charge in [-0.1, -0.05) is 36.7 Å². The van der Waals surface area contributed by atoms with Crippen LogP contribution in [0.15, 0.2) is 48.5 Å². The van der Waals surface area contributed by atoms with Crippen molar-refractivity contribution in [2.24, 2.45) is 5.92 Å². The van der Waals surface area contributed by atoms with Crippen LogP contribution in [-0.4, -0.2) is 18.5 Å². The van der Waals surface area contributed by atoms with Crippen molar-refractivity contribution in [1.82, 2.24) is 5.32 Å². The lowest BCUT2D eigenvalue weighted by molar-refractivity contribution is -0.135. The van der Waals surface area contributed by atoms with E-state index in [1.807, 2.05) is 31.2 Å². The predicted molar refractivity (Wildman–Crippen MR) is 102 cm³/mol. The zero-order valence-electron chi connectivity index (χ0n) is 14.5. The van der Waals surface area contributed by atoms with E-state index < -0.39 is 0 Å². The molecule has 2 N–H and O–H groups in total. The number of amides is 2. The maximum Gasteiger partial charge on any atom is 0.319 e. The van der Waals surface area contributed by atoms with Gasteiger partial charge in [0.1, 0.15) is 5.75 Å². The third-order valence-electron chi connectivity index (χ3n) is 4.22. The van der Waals surface area contributed by atoms with Crippen LogP contribution in [-0.2, 0) is 4.79 Å². The third-order valence-corrected chi connectivity index (χ3v) is 4.45. The van der Waals surface area contributed by atoms with E-state index in [0.717, 1.165) is 18.4 Å². The monoisotopic (exact) mass is 372 g/mol. The minimum atomic E-state index is -0.279. The van der Waals surface area contributed by atoms with E-state index in [-0.39, 0.29) is 23.8 Å². The summed E-state index contributed by atoms with van der Waals surface area (Å²) in [5.41, 5.74) is 1.63. The molecule has 1 aliphatic carbocycles.